The summed E-state index contributed by atoms with van der Waals surface area (Å²) in [5.74, 6) is -1.85. The highest BCUT2D eigenvalue weighted by Crippen LogP contribution is 2.48. The molecule has 0 amide bonds. The summed E-state index contributed by atoms with van der Waals surface area (Å²) in [6, 6.07) is 9.38. The van der Waals surface area contributed by atoms with Crippen molar-refractivity contribution < 1.29 is 38.4 Å². The third kappa shape index (κ3) is 7.33. The third-order valence-electron chi connectivity index (χ3n) is 8.07. The lowest BCUT2D eigenvalue weighted by Gasteiger charge is -2.41. The van der Waals surface area contributed by atoms with E-state index in [9.17, 15) is 19.5 Å². The van der Waals surface area contributed by atoms with Gasteiger partial charge in [0.1, 0.15) is 35.8 Å². The van der Waals surface area contributed by atoms with Crippen molar-refractivity contribution in [3.05, 3.63) is 54.1 Å². The van der Waals surface area contributed by atoms with Gasteiger partial charge in [-0.1, -0.05) is 64.1 Å². The molecule has 1 aromatic rings. The molecule has 0 spiro atoms. The zero-order valence-corrected chi connectivity index (χ0v) is 24.9. The van der Waals surface area contributed by atoms with E-state index in [1.807, 2.05) is 83.2 Å². The molecule has 2 aliphatic rings. The van der Waals surface area contributed by atoms with Crippen LogP contribution in [0.2, 0.25) is 0 Å². The Morgan fingerprint density at radius 2 is 1.52 bits per heavy atom. The molecule has 1 fully saturated rings. The fourth-order valence-corrected chi connectivity index (χ4v) is 6.06. The molecule has 8 nitrogen and oxygen atoms in total. The van der Waals surface area contributed by atoms with Crippen LogP contribution in [0.25, 0.3) is 0 Å². The first-order chi connectivity index (χ1) is 18.6. The maximum atomic E-state index is 12.5. The summed E-state index contributed by atoms with van der Waals surface area (Å²) in [4.78, 5) is 36.6. The predicted molar refractivity (Wildman–Crippen MR) is 150 cm³/mol. The Bertz CT molecular complexity index is 1120. The quantitative estimate of drug-likeness (QED) is 0.300. The van der Waals surface area contributed by atoms with E-state index in [0.29, 0.717) is 17.7 Å². The average molecular weight is 557 g/mol. The first kappa shape index (κ1) is 31.4. The number of rotatable bonds is 5. The van der Waals surface area contributed by atoms with Crippen molar-refractivity contribution >= 4 is 17.9 Å². The van der Waals surface area contributed by atoms with Crippen LogP contribution in [0.3, 0.4) is 0 Å². The van der Waals surface area contributed by atoms with Crippen LogP contribution >= 0.6 is 0 Å². The summed E-state index contributed by atoms with van der Waals surface area (Å²) < 4.78 is 23.8. The van der Waals surface area contributed by atoms with E-state index < -0.39 is 59.3 Å². The Kier molecular flexibility index (Phi) is 9.88. The summed E-state index contributed by atoms with van der Waals surface area (Å²) in [6.07, 6.45) is 3.56. The molecule has 0 heterocycles. The summed E-state index contributed by atoms with van der Waals surface area (Å²) in [6.45, 7) is 13.6. The molecule has 1 saturated carbocycles. The molecule has 3 unspecified atom stereocenters. The molecule has 8 heteroatoms. The number of carbonyl (C=O) groups excluding carboxylic acids is 3. The van der Waals surface area contributed by atoms with Crippen LogP contribution in [0.4, 0.5) is 0 Å². The maximum absolute atomic E-state index is 12.5. The van der Waals surface area contributed by atoms with Crippen molar-refractivity contribution in [2.45, 2.75) is 98.2 Å². The Morgan fingerprint density at radius 3 is 2.10 bits per heavy atom. The highest BCUT2D eigenvalue weighted by Gasteiger charge is 2.58. The van der Waals surface area contributed by atoms with Crippen molar-refractivity contribution in [3.63, 3.8) is 0 Å². The van der Waals surface area contributed by atoms with Gasteiger partial charge in [0.05, 0.1) is 0 Å². The molecule has 220 valence electrons. The molecule has 0 radical (unpaired) electrons. The van der Waals surface area contributed by atoms with Crippen molar-refractivity contribution in [3.8, 4) is 5.75 Å². The molecule has 1 aromatic carbocycles. The first-order valence-electron chi connectivity index (χ1n) is 14.0. The smallest absolute Gasteiger partial charge is 0.303 e. The lowest BCUT2D eigenvalue weighted by atomic mass is 9.75. The molecule has 0 saturated heterocycles. The van der Waals surface area contributed by atoms with E-state index in [1.165, 1.54) is 20.8 Å². The molecule has 0 bridgehead atoms. The lowest BCUT2D eigenvalue weighted by molar-refractivity contribution is -0.173. The summed E-state index contributed by atoms with van der Waals surface area (Å²) in [5.41, 5.74) is -1.46. The number of ether oxygens (including phenoxy) is 4. The molecule has 0 aliphatic heterocycles. The normalized spacial score (nSPS) is 33.8. The van der Waals surface area contributed by atoms with Crippen molar-refractivity contribution in [1.29, 1.82) is 0 Å². The summed E-state index contributed by atoms with van der Waals surface area (Å²) in [5, 5.41) is 12.5. The molecular formula is C32H44O8. The van der Waals surface area contributed by atoms with Gasteiger partial charge in [0.2, 0.25) is 0 Å². The van der Waals surface area contributed by atoms with Crippen molar-refractivity contribution in [1.82, 2.24) is 0 Å². The number of hydrogen-bond acceptors (Lipinski definition) is 8. The van der Waals surface area contributed by atoms with Gasteiger partial charge >= 0.3 is 17.9 Å². The standard InChI is InChI=1S/C32H44O8/c1-19-14-15-31(7,8)28(38-23(5)34)17-27(37-22(4)33)20(2)16-26-29(40-25-12-10-9-11-13-25)21(3)18-32(26,36)30(19)39-24(6)35/h9-16,19,21,26-30,36H,17-18H2,1-8H3/t19-,21-,26-,27?,28?,29-,30?,32+/m0/s1. The van der Waals surface area contributed by atoms with E-state index in [4.69, 9.17) is 18.9 Å². The Labute approximate surface area is 237 Å². The minimum atomic E-state index is -1.48. The van der Waals surface area contributed by atoms with Gasteiger partial charge in [-0.2, -0.15) is 0 Å². The number of aliphatic hydroxyl groups is 1. The minimum Gasteiger partial charge on any atom is -0.489 e. The predicted octanol–water partition coefficient (Wildman–Crippen LogP) is 5.18. The monoisotopic (exact) mass is 556 g/mol. The van der Waals surface area contributed by atoms with Gasteiger partial charge in [-0.25, -0.2) is 0 Å². The van der Waals surface area contributed by atoms with Gasteiger partial charge in [-0.05, 0) is 37.0 Å². The van der Waals surface area contributed by atoms with E-state index in [2.05, 4.69) is 0 Å². The SMILES string of the molecule is CC(=O)OC1CC(OC(C)=O)C(C)(C)C=C[C@H](C)C(OC(C)=O)[C@@]2(O)C[C@H](C)[C@H](Oc3ccccc3)[C@@H]2C=C1C. The molecule has 3 rings (SSSR count). The number of esters is 3. The molecule has 1 N–H and O–H groups in total. The fourth-order valence-electron chi connectivity index (χ4n) is 6.06. The van der Waals surface area contributed by atoms with Crippen LogP contribution in [-0.2, 0) is 28.6 Å². The van der Waals surface area contributed by atoms with Crippen molar-refractivity contribution in [2.75, 3.05) is 0 Å². The van der Waals surface area contributed by atoms with Gasteiger partial charge in [0, 0.05) is 44.4 Å². The van der Waals surface area contributed by atoms with Crippen molar-refractivity contribution in [2.24, 2.45) is 23.2 Å². The molecular weight excluding hydrogens is 512 g/mol. The van der Waals surface area contributed by atoms with E-state index >= 15 is 0 Å². The zero-order valence-electron chi connectivity index (χ0n) is 24.9. The molecule has 40 heavy (non-hydrogen) atoms. The Balaban J connectivity index is 2.22. The summed E-state index contributed by atoms with van der Waals surface area (Å²) in [7, 11) is 0. The van der Waals surface area contributed by atoms with Gasteiger partial charge in [0.25, 0.3) is 0 Å². The number of carbonyl (C=O) groups is 3. The van der Waals surface area contributed by atoms with Gasteiger partial charge in [-0.15, -0.1) is 0 Å². The highest BCUT2D eigenvalue weighted by atomic mass is 16.6. The second kappa shape index (κ2) is 12.6. The molecule has 0 aromatic heterocycles. The minimum absolute atomic E-state index is 0.101. The second-order valence-electron chi connectivity index (χ2n) is 12.0. The van der Waals surface area contributed by atoms with Crippen LogP contribution < -0.4 is 4.74 Å². The van der Waals surface area contributed by atoms with Gasteiger partial charge in [-0.3, -0.25) is 14.4 Å². The average Bonchev–Trinajstić information content (AvgIpc) is 3.09. The number of fused-ring (bicyclic) bond motifs is 1. The Morgan fingerprint density at radius 1 is 0.925 bits per heavy atom. The van der Waals surface area contributed by atoms with Crippen LogP contribution in [-0.4, -0.2) is 53.0 Å². The third-order valence-corrected chi connectivity index (χ3v) is 8.07. The number of para-hydroxylation sites is 1. The lowest BCUT2D eigenvalue weighted by Crippen LogP contribution is -2.52. The maximum Gasteiger partial charge on any atom is 0.303 e. The first-order valence-corrected chi connectivity index (χ1v) is 14.0. The van der Waals surface area contributed by atoms with Crippen LogP contribution in [0, 0.1) is 23.2 Å². The topological polar surface area (TPSA) is 108 Å². The second-order valence-corrected chi connectivity index (χ2v) is 12.0. The molecule has 8 atom stereocenters. The van der Waals surface area contributed by atoms with Gasteiger partial charge < -0.3 is 24.1 Å². The van der Waals surface area contributed by atoms with Crippen LogP contribution in [0.1, 0.15) is 68.2 Å². The van der Waals surface area contributed by atoms with E-state index in [1.54, 1.807) is 0 Å². The van der Waals surface area contributed by atoms with Crippen LogP contribution in [0.5, 0.6) is 5.75 Å². The number of hydrogen-bond donors (Lipinski definition) is 1. The van der Waals surface area contributed by atoms with E-state index in [-0.39, 0.29) is 18.3 Å². The largest absolute Gasteiger partial charge is 0.489 e. The highest BCUT2D eigenvalue weighted by molar-refractivity contribution is 5.67. The fraction of sp³-hybridized carbons (Fsp3) is 0.594. The Hall–Kier alpha value is -3.13. The number of benzene rings is 1. The molecule has 2 aliphatic carbocycles. The van der Waals surface area contributed by atoms with Crippen LogP contribution in [0.15, 0.2) is 54.1 Å². The zero-order chi connectivity index (χ0) is 29.8. The van der Waals surface area contributed by atoms with E-state index in [0.717, 1.165) is 0 Å². The van der Waals surface area contributed by atoms with Gasteiger partial charge in [0.15, 0.2) is 0 Å². The summed E-state index contributed by atoms with van der Waals surface area (Å²) >= 11 is 0.